The molecule has 29 heavy (non-hydrogen) atoms. The van der Waals surface area contributed by atoms with Crippen molar-refractivity contribution in [3.8, 4) is 11.5 Å². The number of carboxylic acids is 1. The summed E-state index contributed by atoms with van der Waals surface area (Å²) in [4.78, 5) is 15.6. The lowest BCUT2D eigenvalue weighted by Crippen LogP contribution is -2.14. The molecule has 1 atom stereocenters. The third-order valence-electron chi connectivity index (χ3n) is 4.68. The van der Waals surface area contributed by atoms with E-state index < -0.39 is 12.0 Å². The Kier molecular flexibility index (Phi) is 7.08. The zero-order valence-corrected chi connectivity index (χ0v) is 16.4. The van der Waals surface area contributed by atoms with Gasteiger partial charge in [0.25, 0.3) is 0 Å². The van der Waals surface area contributed by atoms with Crippen LogP contribution in [0.15, 0.2) is 53.7 Å². The third-order valence-corrected chi connectivity index (χ3v) is 4.68. The largest absolute Gasteiger partial charge is 0.489 e. The Morgan fingerprint density at radius 3 is 2.31 bits per heavy atom. The number of carbonyl (C=O) groups is 1. The fourth-order valence-corrected chi connectivity index (χ4v) is 2.88. The van der Waals surface area contributed by atoms with E-state index in [4.69, 9.17) is 25.2 Å². The van der Waals surface area contributed by atoms with Crippen molar-refractivity contribution in [1.29, 1.82) is 0 Å². The van der Waals surface area contributed by atoms with Gasteiger partial charge in [0, 0.05) is 12.0 Å². The molecule has 1 fully saturated rings. The van der Waals surface area contributed by atoms with Crippen molar-refractivity contribution in [3.05, 3.63) is 59.7 Å². The van der Waals surface area contributed by atoms with Crippen molar-refractivity contribution in [2.24, 2.45) is 16.8 Å². The van der Waals surface area contributed by atoms with Crippen LogP contribution in [0.1, 0.15) is 36.4 Å². The minimum atomic E-state index is -0.917. The van der Waals surface area contributed by atoms with E-state index >= 15 is 0 Å². The van der Waals surface area contributed by atoms with Crippen LogP contribution in [-0.4, -0.2) is 30.5 Å². The molecule has 1 unspecified atom stereocenters. The van der Waals surface area contributed by atoms with E-state index in [1.807, 2.05) is 24.3 Å². The summed E-state index contributed by atoms with van der Waals surface area (Å²) in [5, 5.41) is 12.9. The van der Waals surface area contributed by atoms with Crippen LogP contribution in [0.25, 0.3) is 0 Å². The highest BCUT2D eigenvalue weighted by atomic mass is 16.6. The highest BCUT2D eigenvalue weighted by Crippen LogP contribution is 2.31. The number of hydrogen-bond acceptors (Lipinski definition) is 6. The maximum atomic E-state index is 10.7. The monoisotopic (exact) mass is 398 g/mol. The van der Waals surface area contributed by atoms with Gasteiger partial charge in [0.1, 0.15) is 31.8 Å². The van der Waals surface area contributed by atoms with Crippen LogP contribution in [0.2, 0.25) is 0 Å². The summed E-state index contributed by atoms with van der Waals surface area (Å²) in [5.41, 5.74) is 8.59. The lowest BCUT2D eigenvalue weighted by atomic mass is 10.0. The molecule has 0 radical (unpaired) electrons. The van der Waals surface area contributed by atoms with Crippen LogP contribution in [0.4, 0.5) is 0 Å². The lowest BCUT2D eigenvalue weighted by Gasteiger charge is -2.12. The summed E-state index contributed by atoms with van der Waals surface area (Å²) in [6, 6.07) is 14.4. The van der Waals surface area contributed by atoms with E-state index in [1.165, 1.54) is 0 Å². The second-order valence-corrected chi connectivity index (χ2v) is 7.03. The Bertz CT molecular complexity index is 829. The van der Waals surface area contributed by atoms with Crippen molar-refractivity contribution in [1.82, 2.24) is 0 Å². The average Bonchev–Trinajstić information content (AvgIpc) is 3.55. The van der Waals surface area contributed by atoms with E-state index in [2.05, 4.69) is 5.16 Å². The van der Waals surface area contributed by atoms with Gasteiger partial charge in [-0.05, 0) is 48.2 Å². The first-order valence-corrected chi connectivity index (χ1v) is 9.57. The topological polar surface area (TPSA) is 103 Å². The zero-order valence-electron chi connectivity index (χ0n) is 16.4. The molecule has 1 aliphatic carbocycles. The van der Waals surface area contributed by atoms with Gasteiger partial charge < -0.3 is 25.2 Å². The molecule has 3 N–H and O–H groups in total. The first-order valence-electron chi connectivity index (χ1n) is 9.57. The molecule has 0 saturated heterocycles. The first kappa shape index (κ1) is 20.7. The second-order valence-electron chi connectivity index (χ2n) is 7.03. The SMILES string of the molecule is CO/N=C(\COc1ccc(COc2ccc(C(N)CC(=O)O)cc2)cc1)C1CC1. The van der Waals surface area contributed by atoms with Crippen molar-refractivity contribution < 1.29 is 24.2 Å². The summed E-state index contributed by atoms with van der Waals surface area (Å²) in [6.07, 6.45) is 2.19. The Balaban J connectivity index is 1.47. The second kappa shape index (κ2) is 9.93. The van der Waals surface area contributed by atoms with Gasteiger partial charge in [-0.2, -0.15) is 0 Å². The quantitative estimate of drug-likeness (QED) is 0.443. The third kappa shape index (κ3) is 6.50. The smallest absolute Gasteiger partial charge is 0.305 e. The average molecular weight is 398 g/mol. The van der Waals surface area contributed by atoms with Crippen LogP contribution in [-0.2, 0) is 16.2 Å². The van der Waals surface area contributed by atoms with Gasteiger partial charge in [-0.15, -0.1) is 0 Å². The molecule has 0 heterocycles. The van der Waals surface area contributed by atoms with E-state index in [9.17, 15) is 4.79 Å². The van der Waals surface area contributed by atoms with Crippen LogP contribution in [0.5, 0.6) is 11.5 Å². The summed E-state index contributed by atoms with van der Waals surface area (Å²) >= 11 is 0. The maximum Gasteiger partial charge on any atom is 0.305 e. The number of hydrogen-bond donors (Lipinski definition) is 2. The lowest BCUT2D eigenvalue weighted by molar-refractivity contribution is -0.137. The summed E-state index contributed by atoms with van der Waals surface area (Å²) in [5.74, 6) is 1.05. The Morgan fingerprint density at radius 1 is 1.10 bits per heavy atom. The predicted molar refractivity (Wildman–Crippen MR) is 109 cm³/mol. The van der Waals surface area contributed by atoms with Crippen molar-refractivity contribution in [2.45, 2.75) is 31.9 Å². The fourth-order valence-electron chi connectivity index (χ4n) is 2.88. The number of carboxylic acid groups (broad SMARTS) is 1. The summed E-state index contributed by atoms with van der Waals surface area (Å²) in [7, 11) is 1.55. The first-order chi connectivity index (χ1) is 14.0. The number of ether oxygens (including phenoxy) is 2. The minimum Gasteiger partial charge on any atom is -0.489 e. The van der Waals surface area contributed by atoms with E-state index in [0.717, 1.165) is 35.4 Å². The van der Waals surface area contributed by atoms with Crippen LogP contribution < -0.4 is 15.2 Å². The molecule has 2 aromatic carbocycles. The molecule has 1 saturated carbocycles. The maximum absolute atomic E-state index is 10.7. The number of rotatable bonds is 11. The Hall–Kier alpha value is -3.06. The molecule has 2 aromatic rings. The van der Waals surface area contributed by atoms with Gasteiger partial charge in [0.05, 0.1) is 12.1 Å². The van der Waals surface area contributed by atoms with Crippen LogP contribution in [0.3, 0.4) is 0 Å². The molecule has 3 rings (SSSR count). The fraction of sp³-hybridized carbons (Fsp3) is 0.364. The van der Waals surface area contributed by atoms with Crippen LogP contribution in [0, 0.1) is 5.92 Å². The highest BCUT2D eigenvalue weighted by Gasteiger charge is 2.28. The van der Waals surface area contributed by atoms with Gasteiger partial charge in [-0.25, -0.2) is 0 Å². The number of nitrogens with zero attached hydrogens (tertiary/aromatic N) is 1. The molecule has 0 amide bonds. The minimum absolute atomic E-state index is 0.103. The van der Waals surface area contributed by atoms with E-state index in [-0.39, 0.29) is 6.42 Å². The number of benzene rings is 2. The summed E-state index contributed by atoms with van der Waals surface area (Å²) < 4.78 is 11.6. The molecular formula is C22H26N2O5. The van der Waals surface area contributed by atoms with Crippen molar-refractivity contribution in [2.75, 3.05) is 13.7 Å². The van der Waals surface area contributed by atoms with Gasteiger partial charge in [0.15, 0.2) is 0 Å². The number of aliphatic carboxylic acids is 1. The predicted octanol–water partition coefficient (Wildman–Crippen LogP) is 3.53. The van der Waals surface area contributed by atoms with Gasteiger partial charge in [-0.3, -0.25) is 4.79 Å². The molecule has 0 aromatic heterocycles. The Labute approximate surface area is 170 Å². The molecule has 7 heteroatoms. The molecule has 154 valence electrons. The van der Waals surface area contributed by atoms with Crippen molar-refractivity contribution in [3.63, 3.8) is 0 Å². The molecule has 1 aliphatic rings. The highest BCUT2D eigenvalue weighted by molar-refractivity contribution is 5.89. The van der Waals surface area contributed by atoms with E-state index in [1.54, 1.807) is 31.4 Å². The van der Waals surface area contributed by atoms with Gasteiger partial charge in [-0.1, -0.05) is 29.4 Å². The van der Waals surface area contributed by atoms with Gasteiger partial charge in [0.2, 0.25) is 0 Å². The normalized spacial score (nSPS) is 14.9. The zero-order chi connectivity index (χ0) is 20.6. The molecular weight excluding hydrogens is 372 g/mol. The van der Waals surface area contributed by atoms with E-state index in [0.29, 0.717) is 24.9 Å². The standard InChI is InChI=1S/C22H26N2O5/c1-27-24-21(17-4-5-17)14-29-18-8-2-15(3-9-18)13-28-19-10-6-16(7-11-19)20(23)12-22(25)26/h2-3,6-11,17,20H,4-5,12-14,23H2,1H3,(H,25,26)/b24-21+. The van der Waals surface area contributed by atoms with Gasteiger partial charge >= 0.3 is 5.97 Å². The summed E-state index contributed by atoms with van der Waals surface area (Å²) in [6.45, 7) is 0.851. The number of oxime groups is 1. The van der Waals surface area contributed by atoms with Crippen molar-refractivity contribution >= 4 is 11.7 Å². The number of nitrogens with two attached hydrogens (primary N) is 1. The molecule has 7 nitrogen and oxygen atoms in total. The molecule has 0 aliphatic heterocycles. The Morgan fingerprint density at radius 2 is 1.72 bits per heavy atom. The molecule has 0 bridgehead atoms. The molecule has 0 spiro atoms. The van der Waals surface area contributed by atoms with Crippen LogP contribution >= 0.6 is 0 Å².